The molecule has 1 fully saturated rings. The van der Waals surface area contributed by atoms with Gasteiger partial charge in [-0.3, -0.25) is 0 Å². The van der Waals surface area contributed by atoms with Crippen molar-refractivity contribution in [3.63, 3.8) is 0 Å². The predicted molar refractivity (Wildman–Crippen MR) is 73.7 cm³/mol. The lowest BCUT2D eigenvalue weighted by atomic mass is 9.79. The number of aromatic nitrogens is 3. The van der Waals surface area contributed by atoms with Gasteiger partial charge in [-0.1, -0.05) is 20.8 Å². The van der Waals surface area contributed by atoms with Crippen molar-refractivity contribution in [1.29, 1.82) is 0 Å². The first-order chi connectivity index (χ1) is 8.55. The van der Waals surface area contributed by atoms with Crippen LogP contribution in [0.4, 0.5) is 5.82 Å². The number of aromatic amines is 1. The zero-order chi connectivity index (χ0) is 12.8. The number of fused-ring (bicyclic) bond motifs is 1. The summed E-state index contributed by atoms with van der Waals surface area (Å²) >= 11 is 0. The van der Waals surface area contributed by atoms with E-state index in [-0.39, 0.29) is 0 Å². The standard InChI is InChI=1S/C14H20N4/c1-10-6-14(2,3)8-18(7-10)13-11-4-5-15-12(11)16-9-17-13/h4-5,9-10H,6-8H2,1-3H3,(H,15,16,17). The van der Waals surface area contributed by atoms with Crippen LogP contribution < -0.4 is 4.90 Å². The van der Waals surface area contributed by atoms with Gasteiger partial charge in [-0.05, 0) is 23.8 Å². The third kappa shape index (κ3) is 1.96. The van der Waals surface area contributed by atoms with Crippen LogP contribution in [0.3, 0.4) is 0 Å². The molecular formula is C14H20N4. The molecule has 3 rings (SSSR count). The van der Waals surface area contributed by atoms with Gasteiger partial charge in [-0.15, -0.1) is 0 Å². The highest BCUT2D eigenvalue weighted by atomic mass is 15.2. The Balaban J connectivity index is 2.01. The van der Waals surface area contributed by atoms with Crippen molar-refractivity contribution >= 4 is 16.9 Å². The second-order valence-corrected chi connectivity index (χ2v) is 6.29. The number of hydrogen-bond acceptors (Lipinski definition) is 3. The van der Waals surface area contributed by atoms with Gasteiger partial charge in [-0.2, -0.15) is 0 Å². The maximum atomic E-state index is 4.50. The second kappa shape index (κ2) is 3.97. The summed E-state index contributed by atoms with van der Waals surface area (Å²) in [7, 11) is 0. The Hall–Kier alpha value is -1.58. The summed E-state index contributed by atoms with van der Waals surface area (Å²) in [4.78, 5) is 14.3. The summed E-state index contributed by atoms with van der Waals surface area (Å²) in [6.07, 6.45) is 4.87. The maximum absolute atomic E-state index is 4.50. The van der Waals surface area contributed by atoms with E-state index in [0.717, 1.165) is 29.9 Å². The minimum Gasteiger partial charge on any atom is -0.355 e. The summed E-state index contributed by atoms with van der Waals surface area (Å²) in [5.41, 5.74) is 1.28. The maximum Gasteiger partial charge on any atom is 0.142 e. The molecule has 0 saturated carbocycles. The molecule has 0 bridgehead atoms. The average Bonchev–Trinajstić information content (AvgIpc) is 2.73. The molecule has 0 amide bonds. The summed E-state index contributed by atoms with van der Waals surface area (Å²) < 4.78 is 0. The van der Waals surface area contributed by atoms with Crippen LogP contribution in [-0.2, 0) is 0 Å². The van der Waals surface area contributed by atoms with E-state index < -0.39 is 0 Å². The monoisotopic (exact) mass is 244 g/mol. The van der Waals surface area contributed by atoms with Gasteiger partial charge in [0.25, 0.3) is 0 Å². The van der Waals surface area contributed by atoms with Crippen LogP contribution in [0, 0.1) is 11.3 Å². The Morgan fingerprint density at radius 2 is 2.22 bits per heavy atom. The Morgan fingerprint density at radius 3 is 3.00 bits per heavy atom. The first-order valence-corrected chi connectivity index (χ1v) is 6.58. The van der Waals surface area contributed by atoms with Crippen molar-refractivity contribution < 1.29 is 0 Å². The average molecular weight is 244 g/mol. The Bertz CT molecular complexity index is 558. The van der Waals surface area contributed by atoms with E-state index in [4.69, 9.17) is 0 Å². The lowest BCUT2D eigenvalue weighted by molar-refractivity contribution is 0.238. The van der Waals surface area contributed by atoms with Crippen molar-refractivity contribution in [3.05, 3.63) is 18.6 Å². The van der Waals surface area contributed by atoms with E-state index in [9.17, 15) is 0 Å². The summed E-state index contributed by atoms with van der Waals surface area (Å²) in [5.74, 6) is 1.78. The van der Waals surface area contributed by atoms with Gasteiger partial charge in [0, 0.05) is 19.3 Å². The topological polar surface area (TPSA) is 44.8 Å². The Kier molecular flexibility index (Phi) is 2.54. The van der Waals surface area contributed by atoms with Crippen molar-refractivity contribution in [1.82, 2.24) is 15.0 Å². The fourth-order valence-electron chi connectivity index (χ4n) is 3.30. The summed E-state index contributed by atoms with van der Waals surface area (Å²) in [5, 5.41) is 1.13. The molecule has 1 aliphatic rings. The molecule has 0 radical (unpaired) electrons. The summed E-state index contributed by atoms with van der Waals surface area (Å²) in [6, 6.07) is 2.07. The largest absolute Gasteiger partial charge is 0.355 e. The number of nitrogens with one attached hydrogen (secondary N) is 1. The molecule has 4 heteroatoms. The molecule has 96 valence electrons. The molecule has 2 aromatic heterocycles. The molecule has 1 saturated heterocycles. The molecule has 18 heavy (non-hydrogen) atoms. The molecule has 1 atom stereocenters. The predicted octanol–water partition coefficient (Wildman–Crippen LogP) is 2.83. The number of anilines is 1. The third-order valence-electron chi connectivity index (χ3n) is 3.68. The van der Waals surface area contributed by atoms with Crippen LogP contribution in [0.1, 0.15) is 27.2 Å². The van der Waals surface area contributed by atoms with Crippen LogP contribution in [0.2, 0.25) is 0 Å². The van der Waals surface area contributed by atoms with Crippen LogP contribution >= 0.6 is 0 Å². The van der Waals surface area contributed by atoms with Crippen molar-refractivity contribution in [2.75, 3.05) is 18.0 Å². The van der Waals surface area contributed by atoms with E-state index in [1.807, 2.05) is 6.20 Å². The molecule has 0 aliphatic carbocycles. The van der Waals surface area contributed by atoms with Crippen LogP contribution in [0.15, 0.2) is 18.6 Å². The lowest BCUT2D eigenvalue weighted by Gasteiger charge is -2.42. The highest BCUT2D eigenvalue weighted by molar-refractivity contribution is 5.87. The number of rotatable bonds is 1. The normalized spacial score (nSPS) is 23.5. The lowest BCUT2D eigenvalue weighted by Crippen LogP contribution is -2.44. The van der Waals surface area contributed by atoms with Gasteiger partial charge in [0.15, 0.2) is 0 Å². The van der Waals surface area contributed by atoms with Crippen LogP contribution in [-0.4, -0.2) is 28.0 Å². The number of H-pyrrole nitrogens is 1. The number of hydrogen-bond donors (Lipinski definition) is 1. The Morgan fingerprint density at radius 1 is 1.39 bits per heavy atom. The van der Waals surface area contributed by atoms with Gasteiger partial charge < -0.3 is 9.88 Å². The molecule has 0 spiro atoms. The van der Waals surface area contributed by atoms with E-state index >= 15 is 0 Å². The fraction of sp³-hybridized carbons (Fsp3) is 0.571. The van der Waals surface area contributed by atoms with E-state index in [1.54, 1.807) is 6.33 Å². The number of nitrogens with zero attached hydrogens (tertiary/aromatic N) is 3. The van der Waals surface area contributed by atoms with Crippen LogP contribution in [0.25, 0.3) is 11.0 Å². The fourth-order valence-corrected chi connectivity index (χ4v) is 3.30. The third-order valence-corrected chi connectivity index (χ3v) is 3.68. The molecule has 1 unspecified atom stereocenters. The van der Waals surface area contributed by atoms with Gasteiger partial charge in [-0.25, -0.2) is 9.97 Å². The molecule has 1 aliphatic heterocycles. The minimum atomic E-state index is 0.352. The molecule has 1 N–H and O–H groups in total. The van der Waals surface area contributed by atoms with Gasteiger partial charge >= 0.3 is 0 Å². The molecular weight excluding hydrogens is 224 g/mol. The SMILES string of the molecule is CC1CN(c2ncnc3[nH]ccc23)CC(C)(C)C1. The van der Waals surface area contributed by atoms with E-state index in [1.165, 1.54) is 6.42 Å². The zero-order valence-corrected chi connectivity index (χ0v) is 11.3. The molecule has 2 aromatic rings. The summed E-state index contributed by atoms with van der Waals surface area (Å²) in [6.45, 7) is 9.15. The number of piperidine rings is 1. The smallest absolute Gasteiger partial charge is 0.142 e. The minimum absolute atomic E-state index is 0.352. The van der Waals surface area contributed by atoms with Crippen molar-refractivity contribution in [2.24, 2.45) is 11.3 Å². The molecule has 4 nitrogen and oxygen atoms in total. The van der Waals surface area contributed by atoms with Crippen molar-refractivity contribution in [3.8, 4) is 0 Å². The van der Waals surface area contributed by atoms with Gasteiger partial charge in [0.1, 0.15) is 17.8 Å². The highest BCUT2D eigenvalue weighted by Crippen LogP contribution is 2.35. The van der Waals surface area contributed by atoms with E-state index in [0.29, 0.717) is 11.3 Å². The highest BCUT2D eigenvalue weighted by Gasteiger charge is 2.31. The van der Waals surface area contributed by atoms with E-state index in [2.05, 4.69) is 46.7 Å². The van der Waals surface area contributed by atoms with Gasteiger partial charge in [0.05, 0.1) is 5.39 Å². The first-order valence-electron chi connectivity index (χ1n) is 6.58. The second-order valence-electron chi connectivity index (χ2n) is 6.29. The van der Waals surface area contributed by atoms with Gasteiger partial charge in [0.2, 0.25) is 0 Å². The first kappa shape index (κ1) is 11.5. The quantitative estimate of drug-likeness (QED) is 0.839. The zero-order valence-electron chi connectivity index (χ0n) is 11.3. The van der Waals surface area contributed by atoms with Crippen molar-refractivity contribution in [2.45, 2.75) is 27.2 Å². The Labute approximate surface area is 107 Å². The molecule has 0 aromatic carbocycles. The van der Waals surface area contributed by atoms with Crippen LogP contribution in [0.5, 0.6) is 0 Å². The molecule has 3 heterocycles.